The molecule has 0 saturated heterocycles. The van der Waals surface area contributed by atoms with Crippen LogP contribution in [0.1, 0.15) is 16.8 Å². The first-order chi connectivity index (χ1) is 14.3. The molecule has 3 rings (SSSR count). The number of nitro benzene ring substituents is 1. The fourth-order valence-electron chi connectivity index (χ4n) is 2.84. The monoisotopic (exact) mass is 415 g/mol. The summed E-state index contributed by atoms with van der Waals surface area (Å²) < 4.78 is 16.2. The van der Waals surface area contributed by atoms with Crippen LogP contribution in [-0.4, -0.2) is 50.7 Å². The smallest absolute Gasteiger partial charge is 0.341 e. The van der Waals surface area contributed by atoms with E-state index in [-0.39, 0.29) is 11.3 Å². The maximum absolute atomic E-state index is 12.4. The van der Waals surface area contributed by atoms with E-state index >= 15 is 0 Å². The van der Waals surface area contributed by atoms with Crippen molar-refractivity contribution >= 4 is 28.9 Å². The summed E-state index contributed by atoms with van der Waals surface area (Å²) in [6, 6.07) is 8.84. The molecule has 2 aromatic carbocycles. The first-order valence-electron chi connectivity index (χ1n) is 9.17. The zero-order chi connectivity index (χ0) is 21.7. The predicted octanol–water partition coefficient (Wildman–Crippen LogP) is 2.62. The number of carbonyl (C=O) groups excluding carboxylic acids is 2. The van der Waals surface area contributed by atoms with E-state index in [9.17, 15) is 19.7 Å². The first-order valence-corrected chi connectivity index (χ1v) is 9.17. The number of hydrogen-bond acceptors (Lipinski definition) is 8. The summed E-state index contributed by atoms with van der Waals surface area (Å²) >= 11 is 0. The Kier molecular flexibility index (Phi) is 6.35. The number of nitrogens with zero attached hydrogens (tertiary/aromatic N) is 2. The number of rotatable bonds is 6. The van der Waals surface area contributed by atoms with E-state index in [0.29, 0.717) is 36.1 Å². The van der Waals surface area contributed by atoms with Gasteiger partial charge in [0.1, 0.15) is 0 Å². The molecule has 30 heavy (non-hydrogen) atoms. The number of nitro groups is 1. The SMILES string of the molecule is CN(C)c1ccc([N+](=O)[O-])cc1C(=O)OCC(=O)Nc1ccc2c(c1)OCCCO2. The summed E-state index contributed by atoms with van der Waals surface area (Å²) in [5.74, 6) is -0.279. The number of hydrogen-bond donors (Lipinski definition) is 1. The molecule has 1 aliphatic rings. The van der Waals surface area contributed by atoms with Crippen molar-refractivity contribution in [1.29, 1.82) is 0 Å². The minimum absolute atomic E-state index is 0.00224. The van der Waals surface area contributed by atoms with Gasteiger partial charge in [0, 0.05) is 44.4 Å². The maximum Gasteiger partial charge on any atom is 0.341 e. The highest BCUT2D eigenvalue weighted by atomic mass is 16.6. The van der Waals surface area contributed by atoms with Gasteiger partial charge in [0.15, 0.2) is 18.1 Å². The fraction of sp³-hybridized carbons (Fsp3) is 0.300. The van der Waals surface area contributed by atoms with E-state index < -0.39 is 23.4 Å². The molecule has 0 aliphatic carbocycles. The van der Waals surface area contributed by atoms with Crippen molar-refractivity contribution in [2.45, 2.75) is 6.42 Å². The zero-order valence-corrected chi connectivity index (χ0v) is 16.5. The minimum Gasteiger partial charge on any atom is -0.490 e. The molecule has 1 amide bonds. The summed E-state index contributed by atoms with van der Waals surface area (Å²) in [4.78, 5) is 36.7. The summed E-state index contributed by atoms with van der Waals surface area (Å²) in [5.41, 5.74) is 0.653. The number of benzene rings is 2. The number of amides is 1. The second-order valence-corrected chi connectivity index (χ2v) is 6.69. The highest BCUT2D eigenvalue weighted by Crippen LogP contribution is 2.32. The van der Waals surface area contributed by atoms with Crippen LogP contribution in [0, 0.1) is 10.1 Å². The molecule has 1 aliphatic heterocycles. The van der Waals surface area contributed by atoms with Gasteiger partial charge < -0.3 is 24.4 Å². The first kappa shape index (κ1) is 20.9. The highest BCUT2D eigenvalue weighted by Gasteiger charge is 2.20. The van der Waals surface area contributed by atoms with Crippen molar-refractivity contribution < 1.29 is 28.7 Å². The highest BCUT2D eigenvalue weighted by molar-refractivity contribution is 5.99. The molecular weight excluding hydrogens is 394 g/mol. The van der Waals surface area contributed by atoms with Crippen LogP contribution in [0.5, 0.6) is 11.5 Å². The molecule has 2 aromatic rings. The lowest BCUT2D eigenvalue weighted by molar-refractivity contribution is -0.384. The van der Waals surface area contributed by atoms with E-state index in [1.165, 1.54) is 12.1 Å². The van der Waals surface area contributed by atoms with Crippen LogP contribution >= 0.6 is 0 Å². The van der Waals surface area contributed by atoms with Gasteiger partial charge in [-0.2, -0.15) is 0 Å². The number of anilines is 2. The standard InChI is InChI=1S/C20H21N3O7/c1-22(2)16-6-5-14(23(26)27)11-15(16)20(25)30-12-19(24)21-13-4-7-17-18(10-13)29-9-3-8-28-17/h4-7,10-11H,3,8-9,12H2,1-2H3,(H,21,24). The summed E-state index contributed by atoms with van der Waals surface area (Å²) in [7, 11) is 3.38. The molecule has 10 heteroatoms. The average Bonchev–Trinajstić information content (AvgIpc) is 2.96. The molecule has 0 spiro atoms. The Morgan fingerprint density at radius 1 is 1.13 bits per heavy atom. The number of esters is 1. The van der Waals surface area contributed by atoms with Crippen LogP contribution in [0.25, 0.3) is 0 Å². The molecule has 0 radical (unpaired) electrons. The quantitative estimate of drug-likeness (QED) is 0.434. The van der Waals surface area contributed by atoms with Crippen molar-refractivity contribution in [2.24, 2.45) is 0 Å². The van der Waals surface area contributed by atoms with Gasteiger partial charge in [-0.25, -0.2) is 4.79 Å². The Bertz CT molecular complexity index is 975. The number of carbonyl (C=O) groups is 2. The van der Waals surface area contributed by atoms with E-state index in [4.69, 9.17) is 14.2 Å². The third-order valence-electron chi connectivity index (χ3n) is 4.26. The largest absolute Gasteiger partial charge is 0.490 e. The van der Waals surface area contributed by atoms with Gasteiger partial charge in [-0.3, -0.25) is 14.9 Å². The van der Waals surface area contributed by atoms with Crippen LogP contribution in [0.2, 0.25) is 0 Å². The Morgan fingerprint density at radius 3 is 2.57 bits per heavy atom. The van der Waals surface area contributed by atoms with Crippen LogP contribution in [0.3, 0.4) is 0 Å². The lowest BCUT2D eigenvalue weighted by Gasteiger charge is -2.16. The summed E-state index contributed by atoms with van der Waals surface area (Å²) in [6.07, 6.45) is 0.763. The molecule has 0 unspecified atom stereocenters. The topological polar surface area (TPSA) is 120 Å². The summed E-state index contributed by atoms with van der Waals surface area (Å²) in [5, 5.41) is 13.6. The number of nitrogens with one attached hydrogen (secondary N) is 1. The van der Waals surface area contributed by atoms with Crippen molar-refractivity contribution in [3.8, 4) is 11.5 Å². The molecule has 1 heterocycles. The molecule has 0 atom stereocenters. The molecular formula is C20H21N3O7. The Labute approximate surface area is 172 Å². The van der Waals surface area contributed by atoms with Gasteiger partial charge in [-0.05, 0) is 18.2 Å². The second-order valence-electron chi connectivity index (χ2n) is 6.69. The van der Waals surface area contributed by atoms with Crippen LogP contribution in [-0.2, 0) is 9.53 Å². The molecule has 1 N–H and O–H groups in total. The van der Waals surface area contributed by atoms with Gasteiger partial charge in [-0.15, -0.1) is 0 Å². The van der Waals surface area contributed by atoms with E-state index in [1.807, 2.05) is 0 Å². The molecule has 0 saturated carbocycles. The summed E-state index contributed by atoms with van der Waals surface area (Å²) in [6.45, 7) is 0.517. The number of ether oxygens (including phenoxy) is 3. The van der Waals surface area contributed by atoms with E-state index in [2.05, 4.69) is 5.32 Å². The van der Waals surface area contributed by atoms with Crippen LogP contribution < -0.4 is 19.7 Å². The zero-order valence-electron chi connectivity index (χ0n) is 16.5. The van der Waals surface area contributed by atoms with Crippen molar-refractivity contribution in [1.82, 2.24) is 0 Å². The normalized spacial score (nSPS) is 12.5. The van der Waals surface area contributed by atoms with Crippen LogP contribution in [0.4, 0.5) is 17.1 Å². The van der Waals surface area contributed by atoms with Gasteiger partial charge in [0.2, 0.25) is 0 Å². The fourth-order valence-corrected chi connectivity index (χ4v) is 2.84. The molecule has 0 aromatic heterocycles. The van der Waals surface area contributed by atoms with Gasteiger partial charge in [0.05, 0.1) is 29.4 Å². The number of non-ortho nitro benzene ring substituents is 1. The van der Waals surface area contributed by atoms with E-state index in [1.54, 1.807) is 37.2 Å². The molecule has 0 fully saturated rings. The molecule has 0 bridgehead atoms. The van der Waals surface area contributed by atoms with Gasteiger partial charge in [0.25, 0.3) is 11.6 Å². The molecule has 158 valence electrons. The average molecular weight is 415 g/mol. The van der Waals surface area contributed by atoms with Gasteiger partial charge >= 0.3 is 5.97 Å². The lowest BCUT2D eigenvalue weighted by Crippen LogP contribution is -2.22. The maximum atomic E-state index is 12.4. The number of fused-ring (bicyclic) bond motifs is 1. The Hall–Kier alpha value is -3.82. The Balaban J connectivity index is 1.65. The predicted molar refractivity (Wildman–Crippen MR) is 108 cm³/mol. The van der Waals surface area contributed by atoms with Gasteiger partial charge in [-0.1, -0.05) is 0 Å². The van der Waals surface area contributed by atoms with Crippen LogP contribution in [0.15, 0.2) is 36.4 Å². The van der Waals surface area contributed by atoms with Crippen molar-refractivity contribution in [3.05, 3.63) is 52.1 Å². The van der Waals surface area contributed by atoms with E-state index in [0.717, 1.165) is 12.5 Å². The van der Waals surface area contributed by atoms with Crippen molar-refractivity contribution in [2.75, 3.05) is 44.1 Å². The molecule has 10 nitrogen and oxygen atoms in total. The van der Waals surface area contributed by atoms with Crippen molar-refractivity contribution in [3.63, 3.8) is 0 Å². The minimum atomic E-state index is -0.837. The third-order valence-corrected chi connectivity index (χ3v) is 4.26. The lowest BCUT2D eigenvalue weighted by atomic mass is 10.1. The second kappa shape index (κ2) is 9.12. The third kappa shape index (κ3) is 4.96. The Morgan fingerprint density at radius 2 is 1.87 bits per heavy atom.